The first-order chi connectivity index (χ1) is 7.88. The highest BCUT2D eigenvalue weighted by Gasteiger charge is 2.37. The molecule has 17 heavy (non-hydrogen) atoms. The van der Waals surface area contributed by atoms with Gasteiger partial charge in [-0.15, -0.1) is 0 Å². The Kier molecular flexibility index (Phi) is 3.41. The van der Waals surface area contributed by atoms with Gasteiger partial charge in [-0.25, -0.2) is 4.98 Å². The van der Waals surface area contributed by atoms with Crippen molar-refractivity contribution in [1.82, 2.24) is 15.3 Å². The summed E-state index contributed by atoms with van der Waals surface area (Å²) in [4.78, 5) is 7.21. The first kappa shape index (κ1) is 12.8. The zero-order valence-electron chi connectivity index (χ0n) is 9.80. The highest BCUT2D eigenvalue weighted by Crippen LogP contribution is 2.38. The van der Waals surface area contributed by atoms with Crippen LogP contribution in [0, 0.1) is 5.92 Å². The summed E-state index contributed by atoms with van der Waals surface area (Å²) in [7, 11) is 0. The number of hydrogen-bond acceptors (Lipinski definition) is 2. The van der Waals surface area contributed by atoms with Crippen LogP contribution in [-0.2, 0) is 0 Å². The minimum absolute atomic E-state index is 0.146. The van der Waals surface area contributed by atoms with E-state index in [1.807, 2.05) is 0 Å². The number of nitrogens with one attached hydrogen (secondary N) is 2. The predicted molar refractivity (Wildman–Crippen MR) is 62.3 cm³/mol. The molecule has 0 fully saturated rings. The van der Waals surface area contributed by atoms with Crippen LogP contribution in [0.1, 0.15) is 43.6 Å². The van der Waals surface area contributed by atoms with Gasteiger partial charge in [0.05, 0.1) is 23.8 Å². The lowest BCUT2D eigenvalue weighted by Crippen LogP contribution is -2.37. The lowest BCUT2D eigenvalue weighted by atomic mass is 9.88. The molecule has 0 spiro atoms. The van der Waals surface area contributed by atoms with Crippen LogP contribution in [0.2, 0.25) is 0 Å². The van der Waals surface area contributed by atoms with Crippen LogP contribution in [0.4, 0.5) is 8.78 Å². The number of rotatable bonds is 3. The van der Waals surface area contributed by atoms with Crippen molar-refractivity contribution in [3.8, 4) is 0 Å². The summed E-state index contributed by atoms with van der Waals surface area (Å²) in [6.07, 6.45) is 1.18. The molecule has 2 unspecified atom stereocenters. The van der Waals surface area contributed by atoms with Gasteiger partial charge in [0.2, 0.25) is 0 Å². The lowest BCUT2D eigenvalue weighted by Gasteiger charge is -2.32. The molecule has 1 aliphatic rings. The fourth-order valence-corrected chi connectivity index (χ4v) is 2.56. The monoisotopic (exact) mass is 263 g/mol. The SMILES string of the molecule is CC(C)C1NCC(CC(F)(F)Cl)c2nc[nH]c21. The van der Waals surface area contributed by atoms with E-state index in [0.29, 0.717) is 12.5 Å². The maximum Gasteiger partial charge on any atom is 0.322 e. The van der Waals surface area contributed by atoms with Crippen LogP contribution in [0.15, 0.2) is 6.33 Å². The first-order valence-corrected chi connectivity index (χ1v) is 6.09. The van der Waals surface area contributed by atoms with E-state index in [1.54, 1.807) is 6.33 Å². The summed E-state index contributed by atoms with van der Waals surface area (Å²) in [5.41, 5.74) is 1.64. The van der Waals surface area contributed by atoms with Gasteiger partial charge >= 0.3 is 5.38 Å². The molecular weight excluding hydrogens is 248 g/mol. The van der Waals surface area contributed by atoms with Crippen LogP contribution < -0.4 is 5.32 Å². The zero-order valence-corrected chi connectivity index (χ0v) is 10.6. The van der Waals surface area contributed by atoms with Crippen LogP contribution in [-0.4, -0.2) is 21.9 Å². The van der Waals surface area contributed by atoms with Crippen molar-refractivity contribution in [2.24, 2.45) is 5.92 Å². The number of hydrogen-bond donors (Lipinski definition) is 2. The molecule has 2 heterocycles. The highest BCUT2D eigenvalue weighted by atomic mass is 35.5. The third-order valence-electron chi connectivity index (χ3n) is 3.13. The van der Waals surface area contributed by atoms with Crippen molar-refractivity contribution >= 4 is 11.6 Å². The molecule has 0 aromatic carbocycles. The van der Waals surface area contributed by atoms with Gasteiger partial charge in [0.15, 0.2) is 0 Å². The Morgan fingerprint density at radius 2 is 2.29 bits per heavy atom. The Bertz CT molecular complexity index is 386. The number of fused-ring (bicyclic) bond motifs is 1. The molecule has 2 atom stereocenters. The van der Waals surface area contributed by atoms with Gasteiger partial charge in [-0.3, -0.25) is 0 Å². The molecule has 2 N–H and O–H groups in total. The maximum atomic E-state index is 12.9. The molecule has 0 saturated heterocycles. The molecule has 1 aliphatic heterocycles. The van der Waals surface area contributed by atoms with Gasteiger partial charge < -0.3 is 10.3 Å². The highest BCUT2D eigenvalue weighted by molar-refractivity contribution is 6.21. The third kappa shape index (κ3) is 2.77. The zero-order chi connectivity index (χ0) is 12.6. The quantitative estimate of drug-likeness (QED) is 0.823. The largest absolute Gasteiger partial charge is 0.347 e. The molecule has 1 aromatic heterocycles. The van der Waals surface area contributed by atoms with E-state index in [1.165, 1.54) is 0 Å². The number of aromatic amines is 1. The summed E-state index contributed by atoms with van der Waals surface area (Å²) >= 11 is 5.00. The third-order valence-corrected chi connectivity index (χ3v) is 3.28. The standard InChI is InChI=1S/C11H16ClF2N3/c1-6(2)8-10-9(16-5-17-10)7(4-15-8)3-11(12,13)14/h5-8,15H,3-4H2,1-2H3,(H,16,17). The number of halogens is 3. The molecule has 96 valence electrons. The topological polar surface area (TPSA) is 40.7 Å². The molecule has 2 rings (SSSR count). The molecule has 0 bridgehead atoms. The number of imidazole rings is 1. The van der Waals surface area contributed by atoms with E-state index < -0.39 is 5.38 Å². The van der Waals surface area contributed by atoms with Crippen LogP contribution in [0.3, 0.4) is 0 Å². The van der Waals surface area contributed by atoms with E-state index in [9.17, 15) is 8.78 Å². The normalized spacial score (nSPS) is 25.1. The fraction of sp³-hybridized carbons (Fsp3) is 0.727. The molecule has 3 nitrogen and oxygen atoms in total. The van der Waals surface area contributed by atoms with Crippen LogP contribution in [0.25, 0.3) is 0 Å². The van der Waals surface area contributed by atoms with Crippen LogP contribution >= 0.6 is 11.6 Å². The Morgan fingerprint density at radius 1 is 1.59 bits per heavy atom. The Morgan fingerprint density at radius 3 is 2.88 bits per heavy atom. The fourth-order valence-electron chi connectivity index (χ4n) is 2.37. The molecule has 6 heteroatoms. The van der Waals surface area contributed by atoms with Crippen molar-refractivity contribution in [3.63, 3.8) is 0 Å². The molecule has 0 radical (unpaired) electrons. The average Bonchev–Trinajstić information content (AvgIpc) is 2.63. The minimum Gasteiger partial charge on any atom is -0.347 e. The first-order valence-electron chi connectivity index (χ1n) is 5.72. The van der Waals surface area contributed by atoms with Gasteiger partial charge in [0, 0.05) is 18.9 Å². The second kappa shape index (κ2) is 4.53. The lowest BCUT2D eigenvalue weighted by molar-refractivity contribution is 0.0744. The van der Waals surface area contributed by atoms with Gasteiger partial charge in [0.1, 0.15) is 0 Å². The second-order valence-electron chi connectivity index (χ2n) is 4.85. The summed E-state index contributed by atoms with van der Waals surface area (Å²) in [6, 6.07) is 0.146. The number of H-pyrrole nitrogens is 1. The summed E-state index contributed by atoms with van der Waals surface area (Å²) in [6.45, 7) is 4.65. The van der Waals surface area contributed by atoms with Crippen molar-refractivity contribution in [1.29, 1.82) is 0 Å². The van der Waals surface area contributed by atoms with E-state index in [0.717, 1.165) is 11.4 Å². The summed E-state index contributed by atoms with van der Waals surface area (Å²) < 4.78 is 25.7. The molecule has 0 saturated carbocycles. The summed E-state index contributed by atoms with van der Waals surface area (Å²) in [5.74, 6) is 0.0467. The Balaban J connectivity index is 2.23. The van der Waals surface area contributed by atoms with Crippen molar-refractivity contribution in [2.75, 3.05) is 6.54 Å². The van der Waals surface area contributed by atoms with E-state index in [-0.39, 0.29) is 18.4 Å². The summed E-state index contributed by atoms with van der Waals surface area (Å²) in [5, 5.41) is 0.0969. The number of alkyl halides is 3. The van der Waals surface area contributed by atoms with E-state index in [2.05, 4.69) is 29.1 Å². The molecule has 1 aromatic rings. The van der Waals surface area contributed by atoms with Crippen molar-refractivity contribution < 1.29 is 8.78 Å². The average molecular weight is 264 g/mol. The molecular formula is C11H16ClF2N3. The van der Waals surface area contributed by atoms with Crippen molar-refractivity contribution in [3.05, 3.63) is 17.7 Å². The Labute approximate surface area is 104 Å². The van der Waals surface area contributed by atoms with Gasteiger partial charge in [-0.2, -0.15) is 8.78 Å². The molecule has 0 aliphatic carbocycles. The maximum absolute atomic E-state index is 12.9. The van der Waals surface area contributed by atoms with Gasteiger partial charge in [-0.1, -0.05) is 13.8 Å². The predicted octanol–water partition coefficient (Wildman–Crippen LogP) is 3.02. The second-order valence-corrected chi connectivity index (χ2v) is 5.40. The number of aromatic nitrogens is 2. The van der Waals surface area contributed by atoms with E-state index in [4.69, 9.17) is 11.6 Å². The van der Waals surface area contributed by atoms with Crippen LogP contribution in [0.5, 0.6) is 0 Å². The van der Waals surface area contributed by atoms with Gasteiger partial charge in [-0.05, 0) is 17.5 Å². The minimum atomic E-state index is -3.17. The van der Waals surface area contributed by atoms with Gasteiger partial charge in [0.25, 0.3) is 0 Å². The smallest absolute Gasteiger partial charge is 0.322 e. The Hall–Kier alpha value is -0.680. The number of nitrogens with zero attached hydrogens (tertiary/aromatic N) is 1. The van der Waals surface area contributed by atoms with E-state index >= 15 is 0 Å². The van der Waals surface area contributed by atoms with Crippen molar-refractivity contribution in [2.45, 2.75) is 37.6 Å². The molecule has 0 amide bonds.